The van der Waals surface area contributed by atoms with Crippen LogP contribution in [0, 0.1) is 0 Å². The van der Waals surface area contributed by atoms with Crippen LogP contribution in [0.1, 0.15) is 0 Å². The molecular formula is C11H13ClN4O2S. The number of rotatable bonds is 5. The summed E-state index contributed by atoms with van der Waals surface area (Å²) < 4.78 is 28.4. The molecule has 1 aromatic heterocycles. The summed E-state index contributed by atoms with van der Waals surface area (Å²) in [6, 6.07) is 4.58. The second-order valence-electron chi connectivity index (χ2n) is 3.86. The highest BCUT2D eigenvalue weighted by Gasteiger charge is 2.20. The quantitative estimate of drug-likeness (QED) is 0.809. The zero-order chi connectivity index (χ0) is 13.9. The Labute approximate surface area is 116 Å². The molecule has 0 aliphatic heterocycles. The number of hydrogen-bond donors (Lipinski definition) is 2. The molecule has 6 nitrogen and oxygen atoms in total. The smallest absolute Gasteiger partial charge is 0.244 e. The highest BCUT2D eigenvalue weighted by atomic mass is 35.5. The summed E-state index contributed by atoms with van der Waals surface area (Å²) >= 11 is 5.88. The molecule has 2 aromatic rings. The number of nitrogens with one attached hydrogen (secondary N) is 1. The van der Waals surface area contributed by atoms with Crippen LogP contribution in [0.3, 0.4) is 0 Å². The number of aromatic nitrogens is 2. The lowest BCUT2D eigenvalue weighted by molar-refractivity contribution is 0.573. The molecule has 0 aliphatic rings. The molecular weight excluding hydrogens is 288 g/mol. The van der Waals surface area contributed by atoms with Gasteiger partial charge >= 0.3 is 0 Å². The van der Waals surface area contributed by atoms with Crippen molar-refractivity contribution < 1.29 is 8.42 Å². The van der Waals surface area contributed by atoms with Crippen LogP contribution in [0.4, 0.5) is 5.69 Å². The molecule has 0 aliphatic carbocycles. The van der Waals surface area contributed by atoms with Gasteiger partial charge in [-0.1, -0.05) is 17.7 Å². The van der Waals surface area contributed by atoms with E-state index in [1.807, 2.05) is 0 Å². The minimum absolute atomic E-state index is 0.0812. The summed E-state index contributed by atoms with van der Waals surface area (Å²) in [6.45, 7) is 0.701. The monoisotopic (exact) mass is 300 g/mol. The Bertz CT molecular complexity index is 635. The molecule has 0 unspecified atom stereocenters. The van der Waals surface area contributed by atoms with Crippen LogP contribution in [0.25, 0.3) is 0 Å². The molecule has 2 rings (SSSR count). The topological polar surface area (TPSA) is 90.0 Å². The van der Waals surface area contributed by atoms with E-state index >= 15 is 0 Å². The van der Waals surface area contributed by atoms with E-state index < -0.39 is 10.0 Å². The van der Waals surface area contributed by atoms with Gasteiger partial charge in [0, 0.05) is 25.5 Å². The Morgan fingerprint density at radius 1 is 1.42 bits per heavy atom. The van der Waals surface area contributed by atoms with Crippen molar-refractivity contribution in [2.24, 2.45) is 0 Å². The summed E-state index contributed by atoms with van der Waals surface area (Å²) in [5.41, 5.74) is 5.78. The fourth-order valence-corrected chi connectivity index (χ4v) is 3.30. The molecule has 1 aromatic carbocycles. The van der Waals surface area contributed by atoms with Gasteiger partial charge in [0.15, 0.2) is 0 Å². The van der Waals surface area contributed by atoms with Crippen LogP contribution in [-0.2, 0) is 16.6 Å². The van der Waals surface area contributed by atoms with E-state index in [2.05, 4.69) is 9.71 Å². The first-order valence-corrected chi connectivity index (χ1v) is 7.36. The van der Waals surface area contributed by atoms with E-state index in [0.29, 0.717) is 6.54 Å². The van der Waals surface area contributed by atoms with Crippen LogP contribution in [0.5, 0.6) is 0 Å². The van der Waals surface area contributed by atoms with Crippen molar-refractivity contribution in [2.75, 3.05) is 12.3 Å². The van der Waals surface area contributed by atoms with Gasteiger partial charge in [0.05, 0.1) is 17.0 Å². The normalized spacial score (nSPS) is 11.6. The maximum absolute atomic E-state index is 12.1. The van der Waals surface area contributed by atoms with Gasteiger partial charge in [0.2, 0.25) is 10.0 Å². The summed E-state index contributed by atoms with van der Waals surface area (Å²) in [5.74, 6) is 0. The minimum Gasteiger partial charge on any atom is -0.398 e. The van der Waals surface area contributed by atoms with Gasteiger partial charge in [0.1, 0.15) is 4.90 Å². The molecule has 0 fully saturated rings. The number of anilines is 1. The molecule has 102 valence electrons. The maximum atomic E-state index is 12.1. The standard InChI is InChI=1S/C11H13ClN4O2S/c12-9-2-1-3-10(13)11(9)19(17,18)15-5-7-16-6-4-14-8-16/h1-4,6,8,15H,5,7,13H2. The second kappa shape index (κ2) is 5.60. The SMILES string of the molecule is Nc1cccc(Cl)c1S(=O)(=O)NCCn1ccnc1. The van der Waals surface area contributed by atoms with Crippen LogP contribution in [-0.4, -0.2) is 24.5 Å². The van der Waals surface area contributed by atoms with E-state index in [-0.39, 0.29) is 22.2 Å². The van der Waals surface area contributed by atoms with E-state index in [0.717, 1.165) is 0 Å². The van der Waals surface area contributed by atoms with Crippen molar-refractivity contribution >= 4 is 27.3 Å². The van der Waals surface area contributed by atoms with Crippen molar-refractivity contribution in [3.05, 3.63) is 41.9 Å². The van der Waals surface area contributed by atoms with Gasteiger partial charge in [-0.25, -0.2) is 18.1 Å². The number of sulfonamides is 1. The van der Waals surface area contributed by atoms with Gasteiger partial charge in [0.25, 0.3) is 0 Å². The summed E-state index contributed by atoms with van der Waals surface area (Å²) in [6.07, 6.45) is 4.98. The van der Waals surface area contributed by atoms with Crippen LogP contribution in [0.2, 0.25) is 5.02 Å². The maximum Gasteiger partial charge on any atom is 0.244 e. The Balaban J connectivity index is 2.10. The molecule has 0 radical (unpaired) electrons. The molecule has 0 bridgehead atoms. The summed E-state index contributed by atoms with van der Waals surface area (Å²) in [4.78, 5) is 3.79. The molecule has 19 heavy (non-hydrogen) atoms. The molecule has 0 spiro atoms. The number of nitrogens with zero attached hydrogens (tertiary/aromatic N) is 2. The first kappa shape index (κ1) is 13.9. The first-order valence-electron chi connectivity index (χ1n) is 5.50. The van der Waals surface area contributed by atoms with Crippen LogP contribution in [0.15, 0.2) is 41.8 Å². The number of hydrogen-bond acceptors (Lipinski definition) is 4. The van der Waals surface area contributed by atoms with Crippen molar-refractivity contribution in [3.63, 3.8) is 0 Å². The lowest BCUT2D eigenvalue weighted by Crippen LogP contribution is -2.28. The Morgan fingerprint density at radius 2 is 2.21 bits per heavy atom. The number of benzene rings is 1. The zero-order valence-electron chi connectivity index (χ0n) is 9.95. The third-order valence-electron chi connectivity index (χ3n) is 2.49. The average Bonchev–Trinajstić information content (AvgIpc) is 2.81. The highest BCUT2D eigenvalue weighted by molar-refractivity contribution is 7.89. The summed E-state index contributed by atoms with van der Waals surface area (Å²) in [5, 5.41) is 0.107. The lowest BCUT2D eigenvalue weighted by atomic mass is 10.3. The van der Waals surface area contributed by atoms with Crippen LogP contribution < -0.4 is 10.5 Å². The number of nitrogen functional groups attached to an aromatic ring is 1. The fourth-order valence-electron chi connectivity index (χ4n) is 1.61. The minimum atomic E-state index is -3.72. The van der Waals surface area contributed by atoms with Crippen molar-refractivity contribution in [1.29, 1.82) is 0 Å². The number of imidazole rings is 1. The molecule has 0 saturated carbocycles. The molecule has 1 heterocycles. The van der Waals surface area contributed by atoms with Crippen molar-refractivity contribution in [3.8, 4) is 0 Å². The third kappa shape index (κ3) is 3.25. The average molecular weight is 301 g/mol. The van der Waals surface area contributed by atoms with Crippen LogP contribution >= 0.6 is 11.6 Å². The molecule has 0 atom stereocenters. The van der Waals surface area contributed by atoms with Gasteiger partial charge < -0.3 is 10.3 Å². The van der Waals surface area contributed by atoms with E-state index in [4.69, 9.17) is 17.3 Å². The van der Waals surface area contributed by atoms with E-state index in [1.54, 1.807) is 29.4 Å². The fraction of sp³-hybridized carbons (Fsp3) is 0.182. The molecule has 0 saturated heterocycles. The van der Waals surface area contributed by atoms with Gasteiger partial charge in [-0.2, -0.15) is 0 Å². The zero-order valence-corrected chi connectivity index (χ0v) is 11.5. The van der Waals surface area contributed by atoms with Crippen molar-refractivity contribution in [2.45, 2.75) is 11.4 Å². The Kier molecular flexibility index (Phi) is 4.08. The molecule has 3 N–H and O–H groups in total. The highest BCUT2D eigenvalue weighted by Crippen LogP contribution is 2.26. The molecule has 8 heteroatoms. The Morgan fingerprint density at radius 3 is 2.84 bits per heavy atom. The van der Waals surface area contributed by atoms with Crippen molar-refractivity contribution in [1.82, 2.24) is 14.3 Å². The lowest BCUT2D eigenvalue weighted by Gasteiger charge is -2.10. The second-order valence-corrected chi connectivity index (χ2v) is 5.97. The Hall–Kier alpha value is -1.57. The summed E-state index contributed by atoms with van der Waals surface area (Å²) in [7, 11) is -3.72. The van der Waals surface area contributed by atoms with Gasteiger partial charge in [-0.3, -0.25) is 0 Å². The first-order chi connectivity index (χ1) is 9.00. The third-order valence-corrected chi connectivity index (χ3v) is 4.49. The number of halogens is 1. The van der Waals surface area contributed by atoms with Gasteiger partial charge in [-0.15, -0.1) is 0 Å². The predicted octanol–water partition coefficient (Wildman–Crippen LogP) is 1.10. The van der Waals surface area contributed by atoms with Gasteiger partial charge in [-0.05, 0) is 12.1 Å². The number of nitrogens with two attached hydrogens (primary N) is 1. The van der Waals surface area contributed by atoms with E-state index in [1.165, 1.54) is 12.1 Å². The molecule has 0 amide bonds. The predicted molar refractivity (Wildman–Crippen MR) is 73.3 cm³/mol. The van der Waals surface area contributed by atoms with E-state index in [9.17, 15) is 8.42 Å². The largest absolute Gasteiger partial charge is 0.398 e.